The molecule has 8 heteroatoms. The number of ether oxygens (including phenoxy) is 1. The molecule has 0 unspecified atom stereocenters. The van der Waals surface area contributed by atoms with E-state index in [2.05, 4.69) is 41.0 Å². The molecule has 0 radical (unpaired) electrons. The van der Waals surface area contributed by atoms with Gasteiger partial charge in [-0.1, -0.05) is 13.8 Å². The van der Waals surface area contributed by atoms with Crippen LogP contribution in [0.4, 0.5) is 8.78 Å². The highest BCUT2D eigenvalue weighted by Gasteiger charge is 2.33. The average molecular weight is 454 g/mol. The molecule has 5 rings (SSSR count). The van der Waals surface area contributed by atoms with Gasteiger partial charge in [-0.05, 0) is 48.2 Å². The zero-order valence-electron chi connectivity index (χ0n) is 19.2. The van der Waals surface area contributed by atoms with Crippen LogP contribution in [0.15, 0.2) is 36.8 Å². The number of benzene rings is 1. The predicted octanol–water partition coefficient (Wildman–Crippen LogP) is 5.42. The average Bonchev–Trinajstić information content (AvgIpc) is 3.39. The lowest BCUT2D eigenvalue weighted by Gasteiger charge is -2.31. The number of rotatable bonds is 6. The molecule has 0 spiro atoms. The number of alkyl halides is 2. The summed E-state index contributed by atoms with van der Waals surface area (Å²) in [7, 11) is 0. The van der Waals surface area contributed by atoms with Crippen LogP contribution < -0.4 is 4.74 Å². The Balaban J connectivity index is 1.39. The van der Waals surface area contributed by atoms with Gasteiger partial charge in [-0.2, -0.15) is 5.10 Å². The summed E-state index contributed by atoms with van der Waals surface area (Å²) in [6.45, 7) is 8.39. The Hall–Kier alpha value is -3.00. The summed E-state index contributed by atoms with van der Waals surface area (Å²) in [5.41, 5.74) is 6.34. The van der Waals surface area contributed by atoms with Gasteiger partial charge in [-0.15, -0.1) is 0 Å². The van der Waals surface area contributed by atoms with E-state index in [0.717, 1.165) is 39.1 Å². The highest BCUT2D eigenvalue weighted by atomic mass is 19.3. The fourth-order valence-electron chi connectivity index (χ4n) is 4.74. The zero-order chi connectivity index (χ0) is 23.2. The van der Waals surface area contributed by atoms with Crippen molar-refractivity contribution in [1.82, 2.24) is 24.5 Å². The SMILES string of the molecule is Cc1cc(-c2[nH]c3ccc(OCCN4CCC(F)(F)CC4)cc3c2C(C)C)cn2ncnc12. The summed E-state index contributed by atoms with van der Waals surface area (Å²) in [6.07, 6.45) is 3.44. The number of H-pyrrole nitrogens is 1. The van der Waals surface area contributed by atoms with Crippen LogP contribution in [0.25, 0.3) is 27.8 Å². The summed E-state index contributed by atoms with van der Waals surface area (Å²) < 4.78 is 34.5. The van der Waals surface area contributed by atoms with Crippen LogP contribution in [0.3, 0.4) is 0 Å². The molecule has 6 nitrogen and oxygen atoms in total. The normalized spacial score (nSPS) is 16.8. The second-order valence-corrected chi connectivity index (χ2v) is 9.26. The van der Waals surface area contributed by atoms with Crippen molar-refractivity contribution in [1.29, 1.82) is 0 Å². The summed E-state index contributed by atoms with van der Waals surface area (Å²) in [4.78, 5) is 9.96. The second-order valence-electron chi connectivity index (χ2n) is 9.26. The number of halogens is 2. The minimum Gasteiger partial charge on any atom is -0.492 e. The van der Waals surface area contributed by atoms with Crippen LogP contribution in [0.2, 0.25) is 0 Å². The third-order valence-corrected chi connectivity index (χ3v) is 6.50. The first kappa shape index (κ1) is 21.8. The van der Waals surface area contributed by atoms with E-state index in [1.54, 1.807) is 6.33 Å². The monoisotopic (exact) mass is 453 g/mol. The first-order valence-corrected chi connectivity index (χ1v) is 11.5. The molecule has 1 fully saturated rings. The van der Waals surface area contributed by atoms with E-state index in [9.17, 15) is 8.78 Å². The summed E-state index contributed by atoms with van der Waals surface area (Å²) >= 11 is 0. The van der Waals surface area contributed by atoms with E-state index in [0.29, 0.717) is 32.2 Å². The largest absolute Gasteiger partial charge is 0.492 e. The molecule has 0 saturated carbocycles. The van der Waals surface area contributed by atoms with Gasteiger partial charge in [0.05, 0.1) is 5.69 Å². The summed E-state index contributed by atoms with van der Waals surface area (Å²) in [6, 6.07) is 8.22. The summed E-state index contributed by atoms with van der Waals surface area (Å²) in [5.74, 6) is -1.43. The van der Waals surface area contributed by atoms with E-state index in [1.807, 2.05) is 34.7 Å². The number of aryl methyl sites for hydroxylation is 1. The first-order chi connectivity index (χ1) is 15.8. The third-order valence-electron chi connectivity index (χ3n) is 6.50. The first-order valence-electron chi connectivity index (χ1n) is 11.5. The van der Waals surface area contributed by atoms with Gasteiger partial charge in [0.25, 0.3) is 5.92 Å². The molecule has 1 aliphatic rings. The van der Waals surface area contributed by atoms with Crippen molar-refractivity contribution in [3.05, 3.63) is 47.9 Å². The zero-order valence-corrected chi connectivity index (χ0v) is 19.2. The van der Waals surface area contributed by atoms with Gasteiger partial charge in [-0.3, -0.25) is 4.90 Å². The molecule has 4 heterocycles. The molecule has 174 valence electrons. The molecule has 4 aromatic rings. The molecule has 0 bridgehead atoms. The highest BCUT2D eigenvalue weighted by Crippen LogP contribution is 2.37. The Labute approximate surface area is 191 Å². The number of fused-ring (bicyclic) bond motifs is 2. The van der Waals surface area contributed by atoms with Crippen molar-refractivity contribution in [2.45, 2.75) is 45.5 Å². The number of hydrogen-bond donors (Lipinski definition) is 1. The fourth-order valence-corrected chi connectivity index (χ4v) is 4.74. The Morgan fingerprint density at radius 1 is 1.18 bits per heavy atom. The number of aromatic amines is 1. The molecule has 0 amide bonds. The van der Waals surface area contributed by atoms with E-state index in [4.69, 9.17) is 4.74 Å². The Bertz CT molecular complexity index is 1280. The lowest BCUT2D eigenvalue weighted by Crippen LogP contribution is -2.41. The van der Waals surface area contributed by atoms with Crippen LogP contribution in [0.5, 0.6) is 5.75 Å². The van der Waals surface area contributed by atoms with Crippen molar-refractivity contribution in [3.63, 3.8) is 0 Å². The van der Waals surface area contributed by atoms with Crippen molar-refractivity contribution in [2.24, 2.45) is 0 Å². The number of nitrogens with one attached hydrogen (secondary N) is 1. The number of aromatic nitrogens is 4. The van der Waals surface area contributed by atoms with Crippen LogP contribution in [0, 0.1) is 6.92 Å². The third kappa shape index (κ3) is 4.31. The Morgan fingerprint density at radius 2 is 1.97 bits per heavy atom. The number of piperidine rings is 1. The molecule has 0 aliphatic carbocycles. The van der Waals surface area contributed by atoms with Crippen molar-refractivity contribution in [3.8, 4) is 17.0 Å². The van der Waals surface area contributed by atoms with Gasteiger partial charge < -0.3 is 9.72 Å². The van der Waals surface area contributed by atoms with Crippen molar-refractivity contribution >= 4 is 16.6 Å². The van der Waals surface area contributed by atoms with Crippen LogP contribution in [-0.2, 0) is 0 Å². The number of hydrogen-bond acceptors (Lipinski definition) is 4. The maximum atomic E-state index is 13.4. The number of nitrogens with zero attached hydrogens (tertiary/aromatic N) is 4. The van der Waals surface area contributed by atoms with Crippen LogP contribution >= 0.6 is 0 Å². The molecule has 33 heavy (non-hydrogen) atoms. The van der Waals surface area contributed by atoms with E-state index in [-0.39, 0.29) is 12.8 Å². The fraction of sp³-hybridized carbons (Fsp3) is 0.440. The van der Waals surface area contributed by atoms with Gasteiger partial charge in [0.1, 0.15) is 18.7 Å². The maximum Gasteiger partial charge on any atom is 0.250 e. The molecule has 1 aliphatic heterocycles. The topological polar surface area (TPSA) is 58.5 Å². The van der Waals surface area contributed by atoms with Gasteiger partial charge >= 0.3 is 0 Å². The molecule has 1 aromatic carbocycles. The van der Waals surface area contributed by atoms with Crippen molar-refractivity contribution in [2.75, 3.05) is 26.2 Å². The van der Waals surface area contributed by atoms with Crippen molar-refractivity contribution < 1.29 is 13.5 Å². The molecular formula is C25H29F2N5O. The van der Waals surface area contributed by atoms with E-state index < -0.39 is 5.92 Å². The van der Waals surface area contributed by atoms with Gasteiger partial charge in [-0.25, -0.2) is 18.3 Å². The van der Waals surface area contributed by atoms with Gasteiger partial charge in [0.15, 0.2) is 5.65 Å². The van der Waals surface area contributed by atoms with E-state index in [1.165, 1.54) is 5.56 Å². The lowest BCUT2D eigenvalue weighted by molar-refractivity contribution is -0.0564. The highest BCUT2D eigenvalue weighted by molar-refractivity contribution is 5.92. The molecular weight excluding hydrogens is 424 g/mol. The predicted molar refractivity (Wildman–Crippen MR) is 125 cm³/mol. The minimum absolute atomic E-state index is 0.0668. The van der Waals surface area contributed by atoms with Crippen LogP contribution in [-0.4, -0.2) is 56.6 Å². The Kier molecular flexibility index (Phi) is 5.56. The number of likely N-dealkylation sites (tertiary alicyclic amines) is 1. The summed E-state index contributed by atoms with van der Waals surface area (Å²) in [5, 5.41) is 5.45. The van der Waals surface area contributed by atoms with Crippen LogP contribution in [0.1, 0.15) is 43.7 Å². The minimum atomic E-state index is -2.52. The number of pyridine rings is 1. The quantitative estimate of drug-likeness (QED) is 0.424. The second kappa shape index (κ2) is 8.41. The molecule has 1 N–H and O–H groups in total. The van der Waals surface area contributed by atoms with E-state index >= 15 is 0 Å². The smallest absolute Gasteiger partial charge is 0.250 e. The standard InChI is InChI=1S/C25H29F2N5O/c1-16(2)22-20-13-19(33-11-10-31-8-6-25(26,27)7-9-31)4-5-21(20)30-23(22)18-12-17(3)24-28-15-29-32(24)14-18/h4-5,12-16,30H,6-11H2,1-3H3. The van der Waals surface area contributed by atoms with Gasteiger partial charge in [0.2, 0.25) is 0 Å². The molecule has 0 atom stereocenters. The molecule has 3 aromatic heterocycles. The maximum absolute atomic E-state index is 13.4. The molecule has 1 saturated heterocycles. The van der Waals surface area contributed by atoms with Gasteiger partial charge in [0, 0.05) is 55.1 Å². The Morgan fingerprint density at radius 3 is 2.73 bits per heavy atom. The lowest BCUT2D eigenvalue weighted by atomic mass is 9.96.